The number of halogens is 6. The number of hydrogen-bond donors (Lipinski definition) is 0. The number of rotatable bonds is 7. The second-order valence-corrected chi connectivity index (χ2v) is 11.6. The molecule has 0 saturated carbocycles. The highest BCUT2D eigenvalue weighted by Gasteiger charge is 2.40. The molecular formula is C26H30F6N2O4S. The lowest BCUT2D eigenvalue weighted by atomic mass is 9.85. The Morgan fingerprint density at radius 3 is 2.23 bits per heavy atom. The molecule has 0 bridgehead atoms. The third kappa shape index (κ3) is 6.53. The van der Waals surface area contributed by atoms with Crippen molar-refractivity contribution in [3.63, 3.8) is 0 Å². The fraction of sp³-hybridized carbons (Fsp3) is 0.538. The lowest BCUT2D eigenvalue weighted by Gasteiger charge is -2.34. The second kappa shape index (κ2) is 11.3. The molecule has 13 heteroatoms. The minimum absolute atomic E-state index is 0.0361. The zero-order valence-electron chi connectivity index (χ0n) is 21.4. The van der Waals surface area contributed by atoms with Gasteiger partial charge in [0.15, 0.2) is 0 Å². The van der Waals surface area contributed by atoms with E-state index in [4.69, 9.17) is 9.47 Å². The maximum Gasteiger partial charge on any atom is 0.416 e. The Bertz CT molecular complexity index is 1220. The van der Waals surface area contributed by atoms with E-state index in [0.717, 1.165) is 12.8 Å². The van der Waals surface area contributed by atoms with Crippen molar-refractivity contribution in [2.75, 3.05) is 26.2 Å². The van der Waals surface area contributed by atoms with Gasteiger partial charge in [0, 0.05) is 37.7 Å². The fourth-order valence-electron chi connectivity index (χ4n) is 5.01. The van der Waals surface area contributed by atoms with Gasteiger partial charge in [0.1, 0.15) is 0 Å². The first-order valence-corrected chi connectivity index (χ1v) is 14.0. The predicted molar refractivity (Wildman–Crippen MR) is 131 cm³/mol. The van der Waals surface area contributed by atoms with Crippen molar-refractivity contribution in [1.82, 2.24) is 8.61 Å². The molecule has 1 aliphatic carbocycles. The van der Waals surface area contributed by atoms with E-state index in [2.05, 4.69) is 0 Å². The molecule has 0 aromatic heterocycles. The van der Waals surface area contributed by atoms with Crippen molar-refractivity contribution in [2.45, 2.75) is 57.9 Å². The van der Waals surface area contributed by atoms with Crippen molar-refractivity contribution < 1.29 is 44.2 Å². The van der Waals surface area contributed by atoms with E-state index in [0.29, 0.717) is 42.8 Å². The number of alkyl halides is 6. The highest BCUT2D eigenvalue weighted by Crippen LogP contribution is 2.40. The molecule has 39 heavy (non-hydrogen) atoms. The zero-order valence-corrected chi connectivity index (χ0v) is 22.2. The van der Waals surface area contributed by atoms with E-state index in [1.807, 2.05) is 12.2 Å². The summed E-state index contributed by atoms with van der Waals surface area (Å²) < 4.78 is 121. The van der Waals surface area contributed by atoms with Crippen LogP contribution in [-0.2, 0) is 32.0 Å². The third-order valence-corrected chi connectivity index (χ3v) is 9.17. The second-order valence-electron chi connectivity index (χ2n) is 9.67. The van der Waals surface area contributed by atoms with Crippen molar-refractivity contribution >= 4 is 10.2 Å². The van der Waals surface area contributed by atoms with Crippen LogP contribution < -0.4 is 0 Å². The quantitative estimate of drug-likeness (QED) is 0.285. The van der Waals surface area contributed by atoms with Crippen LogP contribution in [0, 0.1) is 5.92 Å². The van der Waals surface area contributed by atoms with Gasteiger partial charge in [0.25, 0.3) is 10.2 Å². The van der Waals surface area contributed by atoms with Gasteiger partial charge in [-0.3, -0.25) is 0 Å². The fourth-order valence-corrected chi connectivity index (χ4v) is 6.59. The summed E-state index contributed by atoms with van der Waals surface area (Å²) in [4.78, 5) is 0. The largest absolute Gasteiger partial charge is 0.468 e. The summed E-state index contributed by atoms with van der Waals surface area (Å²) in [5.74, 6) is -0.198. The summed E-state index contributed by atoms with van der Waals surface area (Å²) in [5.41, 5.74) is -1.95. The van der Waals surface area contributed by atoms with Gasteiger partial charge in [-0.2, -0.15) is 43.4 Å². The Morgan fingerprint density at radius 2 is 1.69 bits per heavy atom. The van der Waals surface area contributed by atoms with E-state index in [1.54, 1.807) is 13.0 Å². The molecule has 6 nitrogen and oxygen atoms in total. The van der Waals surface area contributed by atoms with E-state index in [9.17, 15) is 34.8 Å². The first-order chi connectivity index (χ1) is 18.2. The average molecular weight is 581 g/mol. The molecule has 1 saturated heterocycles. The Hall–Kier alpha value is -2.35. The molecule has 3 atom stereocenters. The molecule has 1 fully saturated rings. The molecular weight excluding hydrogens is 550 g/mol. The van der Waals surface area contributed by atoms with E-state index < -0.39 is 46.1 Å². The Labute approximate surface area is 223 Å². The highest BCUT2D eigenvalue weighted by atomic mass is 32.2. The number of hydrogen-bond acceptors (Lipinski definition) is 4. The number of benzene rings is 1. The first-order valence-electron chi connectivity index (χ1n) is 12.6. The van der Waals surface area contributed by atoms with Gasteiger partial charge in [0.2, 0.25) is 6.29 Å². The minimum atomic E-state index is -4.99. The Morgan fingerprint density at radius 1 is 1.05 bits per heavy atom. The van der Waals surface area contributed by atoms with Crippen LogP contribution in [0.2, 0.25) is 0 Å². The first kappa shape index (κ1) is 29.6. The van der Waals surface area contributed by atoms with Crippen LogP contribution >= 0.6 is 0 Å². The topological polar surface area (TPSA) is 59.1 Å². The average Bonchev–Trinajstić information content (AvgIpc) is 3.16. The number of nitrogens with zero attached hydrogens (tertiary/aromatic N) is 2. The summed E-state index contributed by atoms with van der Waals surface area (Å²) in [7, 11) is -3.67. The van der Waals surface area contributed by atoms with Crippen LogP contribution in [0.5, 0.6) is 0 Å². The lowest BCUT2D eigenvalue weighted by molar-refractivity contribution is -0.143. The van der Waals surface area contributed by atoms with Gasteiger partial charge in [-0.25, -0.2) is 0 Å². The molecule has 1 aromatic rings. The van der Waals surface area contributed by atoms with Crippen LogP contribution in [0.3, 0.4) is 0 Å². The summed E-state index contributed by atoms with van der Waals surface area (Å²) >= 11 is 0. The van der Waals surface area contributed by atoms with Gasteiger partial charge >= 0.3 is 12.4 Å². The minimum Gasteiger partial charge on any atom is -0.468 e. The molecule has 216 valence electrons. The molecule has 4 rings (SSSR count). The number of allylic oxidation sites excluding steroid dienone is 2. The van der Waals surface area contributed by atoms with E-state index in [-0.39, 0.29) is 30.6 Å². The van der Waals surface area contributed by atoms with Crippen LogP contribution in [0.25, 0.3) is 0 Å². The molecule has 0 radical (unpaired) electrons. The smallest absolute Gasteiger partial charge is 0.416 e. The van der Waals surface area contributed by atoms with Gasteiger partial charge in [-0.05, 0) is 61.6 Å². The molecule has 0 amide bonds. The molecule has 3 aliphatic rings. The number of ether oxygens (including phenoxy) is 2. The Kier molecular flexibility index (Phi) is 8.56. The van der Waals surface area contributed by atoms with Gasteiger partial charge < -0.3 is 9.47 Å². The van der Waals surface area contributed by atoms with E-state index >= 15 is 0 Å². The van der Waals surface area contributed by atoms with Crippen molar-refractivity contribution in [1.29, 1.82) is 0 Å². The van der Waals surface area contributed by atoms with Crippen molar-refractivity contribution in [2.24, 2.45) is 5.92 Å². The Balaban J connectivity index is 1.68. The molecule has 0 N–H and O–H groups in total. The maximum atomic E-state index is 13.4. The summed E-state index contributed by atoms with van der Waals surface area (Å²) in [6.45, 7) is 4.10. The molecule has 0 spiro atoms. The molecule has 1 aromatic carbocycles. The molecule has 2 aliphatic heterocycles. The predicted octanol–water partition coefficient (Wildman–Crippen LogP) is 6.21. The van der Waals surface area contributed by atoms with Gasteiger partial charge in [-0.15, -0.1) is 0 Å². The van der Waals surface area contributed by atoms with Crippen LogP contribution in [-0.4, -0.2) is 49.5 Å². The maximum absolute atomic E-state index is 13.4. The zero-order chi connectivity index (χ0) is 28.6. The van der Waals surface area contributed by atoms with Crippen molar-refractivity contribution in [3.8, 4) is 0 Å². The van der Waals surface area contributed by atoms with E-state index in [1.165, 1.54) is 21.8 Å². The van der Waals surface area contributed by atoms with Crippen LogP contribution in [0.15, 0.2) is 53.8 Å². The molecule has 2 heterocycles. The third-order valence-electron chi connectivity index (χ3n) is 7.11. The van der Waals surface area contributed by atoms with Crippen LogP contribution in [0.4, 0.5) is 26.3 Å². The highest BCUT2D eigenvalue weighted by molar-refractivity contribution is 7.87. The number of likely N-dealkylation sites (N-methyl/N-ethyl adjacent to an activating group) is 1. The standard InChI is InChI=1S/C26H30F6N2O4S/c1-3-33-10-11-34(39(33,35)36)16-19-9-12-37-24(23(19)18-7-5-4-6-8-18)38-17(2)20-13-21(25(27,28)29)15-22(14-20)26(30,31)32/h5,7,9,12-15,17-18,24H,3-4,6,8,10-11,16H2,1-2H3/t17-,18?,24-/m1/s1. The normalized spacial score (nSPS) is 25.2. The van der Waals surface area contributed by atoms with Crippen molar-refractivity contribution in [3.05, 3.63) is 70.5 Å². The van der Waals surface area contributed by atoms with Gasteiger partial charge in [-0.1, -0.05) is 19.1 Å². The molecule has 1 unspecified atom stereocenters. The SMILES string of the molecule is CCN1CCN(CC2=C(C3C=CCCC3)[C@@H](O[C@H](C)c3cc(C(F)(F)F)cc(C(F)(F)F)c3)OC=C2)S1(=O)=O. The summed E-state index contributed by atoms with van der Waals surface area (Å²) in [5, 5.41) is 0. The monoisotopic (exact) mass is 580 g/mol. The van der Waals surface area contributed by atoms with Gasteiger partial charge in [0.05, 0.1) is 23.5 Å². The lowest BCUT2D eigenvalue weighted by Crippen LogP contribution is -2.36. The summed E-state index contributed by atoms with van der Waals surface area (Å²) in [6.07, 6.45) is -3.03. The summed E-state index contributed by atoms with van der Waals surface area (Å²) in [6, 6.07) is 1.35. The van der Waals surface area contributed by atoms with Crippen LogP contribution in [0.1, 0.15) is 55.9 Å².